The van der Waals surface area contributed by atoms with Crippen LogP contribution in [0.5, 0.6) is 0 Å². The highest BCUT2D eigenvalue weighted by atomic mass is 35.5. The maximum Gasteiger partial charge on any atom is 0.220 e. The Kier molecular flexibility index (Phi) is 6.03. The maximum absolute atomic E-state index is 11.8. The van der Waals surface area contributed by atoms with Gasteiger partial charge in [-0.25, -0.2) is 4.98 Å². The van der Waals surface area contributed by atoms with E-state index in [9.17, 15) is 4.79 Å². The van der Waals surface area contributed by atoms with Gasteiger partial charge in [0.25, 0.3) is 0 Å². The SMILES string of the molecule is Cc1nc(CCC(=O)NCCc2ccc(Cl)cc2Cl)cs1. The molecule has 1 heterocycles. The second-order valence-corrected chi connectivity index (χ2v) is 6.60. The molecule has 2 aromatic rings. The molecule has 1 aromatic carbocycles. The van der Waals surface area contributed by atoms with Crippen LogP contribution in [0.3, 0.4) is 0 Å². The van der Waals surface area contributed by atoms with E-state index in [4.69, 9.17) is 23.2 Å². The van der Waals surface area contributed by atoms with E-state index < -0.39 is 0 Å². The van der Waals surface area contributed by atoms with Crippen LogP contribution < -0.4 is 5.32 Å². The second kappa shape index (κ2) is 7.78. The molecule has 2 rings (SSSR count). The Hall–Kier alpha value is -1.10. The largest absolute Gasteiger partial charge is 0.356 e. The summed E-state index contributed by atoms with van der Waals surface area (Å²) in [4.78, 5) is 16.1. The number of hydrogen-bond donors (Lipinski definition) is 1. The Morgan fingerprint density at radius 1 is 1.33 bits per heavy atom. The molecule has 21 heavy (non-hydrogen) atoms. The van der Waals surface area contributed by atoms with Gasteiger partial charge in [-0.1, -0.05) is 29.3 Å². The summed E-state index contributed by atoms with van der Waals surface area (Å²) in [7, 11) is 0. The van der Waals surface area contributed by atoms with Crippen molar-refractivity contribution in [3.8, 4) is 0 Å². The number of thiazole rings is 1. The average Bonchev–Trinajstić information content (AvgIpc) is 2.85. The minimum Gasteiger partial charge on any atom is -0.356 e. The maximum atomic E-state index is 11.8. The van der Waals surface area contributed by atoms with Crippen LogP contribution in [0.4, 0.5) is 0 Å². The van der Waals surface area contributed by atoms with E-state index in [1.165, 1.54) is 0 Å². The number of nitrogens with one attached hydrogen (secondary N) is 1. The molecular weight excluding hydrogens is 327 g/mol. The lowest BCUT2D eigenvalue weighted by molar-refractivity contribution is -0.121. The number of aryl methyl sites for hydroxylation is 2. The Labute approximate surface area is 138 Å². The fraction of sp³-hybridized carbons (Fsp3) is 0.333. The van der Waals surface area contributed by atoms with Crippen LogP contribution in [-0.2, 0) is 17.6 Å². The molecule has 0 aliphatic heterocycles. The van der Waals surface area contributed by atoms with Gasteiger partial charge in [0.1, 0.15) is 0 Å². The lowest BCUT2D eigenvalue weighted by Gasteiger charge is -2.06. The van der Waals surface area contributed by atoms with Gasteiger partial charge in [-0.3, -0.25) is 4.79 Å². The molecule has 0 unspecified atom stereocenters. The third-order valence-corrected chi connectivity index (χ3v) is 4.42. The van der Waals surface area contributed by atoms with Crippen molar-refractivity contribution in [2.24, 2.45) is 0 Å². The zero-order chi connectivity index (χ0) is 15.2. The number of aromatic nitrogens is 1. The van der Waals surface area contributed by atoms with Gasteiger partial charge in [-0.15, -0.1) is 11.3 Å². The first-order chi connectivity index (χ1) is 10.0. The van der Waals surface area contributed by atoms with Crippen LogP contribution in [0.2, 0.25) is 10.0 Å². The Balaban J connectivity index is 1.71. The van der Waals surface area contributed by atoms with Gasteiger partial charge in [0, 0.05) is 28.4 Å². The Bertz CT molecular complexity index is 628. The minimum atomic E-state index is 0.0331. The number of nitrogens with zero attached hydrogens (tertiary/aromatic N) is 1. The molecule has 1 amide bonds. The lowest BCUT2D eigenvalue weighted by Crippen LogP contribution is -2.26. The fourth-order valence-corrected chi connectivity index (χ4v) is 3.06. The van der Waals surface area contributed by atoms with Crippen molar-refractivity contribution in [3.63, 3.8) is 0 Å². The van der Waals surface area contributed by atoms with Crippen LogP contribution in [0.1, 0.15) is 22.7 Å². The van der Waals surface area contributed by atoms with Crippen molar-refractivity contribution in [2.75, 3.05) is 6.54 Å². The van der Waals surface area contributed by atoms with Crippen LogP contribution >= 0.6 is 34.5 Å². The van der Waals surface area contributed by atoms with E-state index in [-0.39, 0.29) is 5.91 Å². The van der Waals surface area contributed by atoms with Crippen molar-refractivity contribution in [1.29, 1.82) is 0 Å². The molecule has 0 bridgehead atoms. The number of rotatable bonds is 6. The predicted molar refractivity (Wildman–Crippen MR) is 88.3 cm³/mol. The smallest absolute Gasteiger partial charge is 0.220 e. The molecular formula is C15H16Cl2N2OS. The molecule has 1 N–H and O–H groups in total. The number of carbonyl (C=O) groups excluding carboxylic acids is 1. The number of hydrogen-bond acceptors (Lipinski definition) is 3. The zero-order valence-corrected chi connectivity index (χ0v) is 14.0. The highest BCUT2D eigenvalue weighted by Crippen LogP contribution is 2.21. The Morgan fingerprint density at radius 2 is 2.14 bits per heavy atom. The first kappa shape index (κ1) is 16.3. The minimum absolute atomic E-state index is 0.0331. The van der Waals surface area contributed by atoms with Gasteiger partial charge in [-0.2, -0.15) is 0 Å². The zero-order valence-electron chi connectivity index (χ0n) is 11.7. The number of amides is 1. The number of halogens is 2. The molecule has 0 radical (unpaired) electrons. The van der Waals surface area contributed by atoms with Crippen LogP contribution in [0.25, 0.3) is 0 Å². The van der Waals surface area contributed by atoms with Crippen LogP contribution in [-0.4, -0.2) is 17.4 Å². The quantitative estimate of drug-likeness (QED) is 0.860. The van der Waals surface area contributed by atoms with Gasteiger partial charge >= 0.3 is 0 Å². The first-order valence-electron chi connectivity index (χ1n) is 6.66. The van der Waals surface area contributed by atoms with Crippen molar-refractivity contribution in [3.05, 3.63) is 49.9 Å². The molecule has 6 heteroatoms. The Morgan fingerprint density at radius 3 is 2.81 bits per heavy atom. The van der Waals surface area contributed by atoms with E-state index in [1.807, 2.05) is 18.4 Å². The third-order valence-electron chi connectivity index (χ3n) is 3.01. The lowest BCUT2D eigenvalue weighted by atomic mass is 10.1. The van der Waals surface area contributed by atoms with Gasteiger partial charge in [-0.05, 0) is 37.5 Å². The molecule has 1 aromatic heterocycles. The first-order valence-corrected chi connectivity index (χ1v) is 8.30. The highest BCUT2D eigenvalue weighted by Gasteiger charge is 2.06. The summed E-state index contributed by atoms with van der Waals surface area (Å²) in [5, 5.41) is 7.17. The third kappa shape index (κ3) is 5.30. The summed E-state index contributed by atoms with van der Waals surface area (Å²) in [6.45, 7) is 2.53. The monoisotopic (exact) mass is 342 g/mol. The van der Waals surface area contributed by atoms with E-state index in [0.717, 1.165) is 16.3 Å². The van der Waals surface area contributed by atoms with Gasteiger partial charge in [0.2, 0.25) is 5.91 Å². The molecule has 0 saturated heterocycles. The molecule has 0 aliphatic carbocycles. The molecule has 112 valence electrons. The van der Waals surface area contributed by atoms with E-state index >= 15 is 0 Å². The molecule has 0 spiro atoms. The van der Waals surface area contributed by atoms with Gasteiger partial charge in [0.05, 0.1) is 10.7 Å². The summed E-state index contributed by atoms with van der Waals surface area (Å²) in [6, 6.07) is 5.40. The summed E-state index contributed by atoms with van der Waals surface area (Å²) >= 11 is 13.5. The van der Waals surface area contributed by atoms with Crippen LogP contribution in [0, 0.1) is 6.92 Å². The van der Waals surface area contributed by atoms with E-state index in [2.05, 4.69) is 10.3 Å². The standard InChI is InChI=1S/C15H16Cl2N2OS/c1-10-19-13(9-21-10)4-5-15(20)18-7-6-11-2-3-12(16)8-14(11)17/h2-3,8-9H,4-7H2,1H3,(H,18,20). The molecule has 0 atom stereocenters. The molecule has 0 fully saturated rings. The van der Waals surface area contributed by atoms with Crippen molar-refractivity contribution >= 4 is 40.4 Å². The summed E-state index contributed by atoms with van der Waals surface area (Å²) in [5.74, 6) is 0.0331. The fourth-order valence-electron chi connectivity index (χ4n) is 1.91. The molecule has 3 nitrogen and oxygen atoms in total. The average molecular weight is 343 g/mol. The van der Waals surface area contributed by atoms with E-state index in [0.29, 0.717) is 35.9 Å². The van der Waals surface area contributed by atoms with Crippen molar-refractivity contribution < 1.29 is 4.79 Å². The topological polar surface area (TPSA) is 42.0 Å². The highest BCUT2D eigenvalue weighted by molar-refractivity contribution is 7.09. The molecule has 0 saturated carbocycles. The van der Waals surface area contributed by atoms with Crippen molar-refractivity contribution in [1.82, 2.24) is 10.3 Å². The normalized spacial score (nSPS) is 10.6. The predicted octanol–water partition coefficient (Wildman–Crippen LogP) is 4.05. The summed E-state index contributed by atoms with van der Waals surface area (Å²) in [5.41, 5.74) is 1.96. The number of carbonyl (C=O) groups is 1. The summed E-state index contributed by atoms with van der Waals surface area (Å²) in [6.07, 6.45) is 1.83. The molecule has 0 aliphatic rings. The second-order valence-electron chi connectivity index (χ2n) is 4.69. The summed E-state index contributed by atoms with van der Waals surface area (Å²) < 4.78 is 0. The van der Waals surface area contributed by atoms with Gasteiger partial charge in [0.15, 0.2) is 0 Å². The number of benzene rings is 1. The van der Waals surface area contributed by atoms with Gasteiger partial charge < -0.3 is 5.32 Å². The van der Waals surface area contributed by atoms with Crippen molar-refractivity contribution in [2.45, 2.75) is 26.2 Å². The van der Waals surface area contributed by atoms with Crippen LogP contribution in [0.15, 0.2) is 23.6 Å². The van der Waals surface area contributed by atoms with E-state index in [1.54, 1.807) is 23.5 Å².